The molecule has 32 heavy (non-hydrogen) atoms. The van der Waals surface area contributed by atoms with Gasteiger partial charge in [-0.1, -0.05) is 98.2 Å². The molecule has 0 atom stereocenters. The topological polar surface area (TPSA) is 57.4 Å². The molecule has 0 bridgehead atoms. The molecule has 5 rings (SSSR count). The number of H-pyrrole nitrogens is 2. The highest BCUT2D eigenvalue weighted by atomic mass is 79.9. The Bertz CT molecular complexity index is 1160. The lowest BCUT2D eigenvalue weighted by Gasteiger charge is -2.04. The smallest absolute Gasteiger partial charge is 0.165 e. The second-order valence-electron chi connectivity index (χ2n) is 6.81. The second kappa shape index (κ2) is 11.3. The number of rotatable bonds is 5. The number of aromatic amines is 2. The van der Waals surface area contributed by atoms with E-state index in [1.54, 1.807) is 24.3 Å². The fourth-order valence-corrected chi connectivity index (χ4v) is 4.32. The summed E-state index contributed by atoms with van der Waals surface area (Å²) >= 11 is 8.61. The van der Waals surface area contributed by atoms with Crippen molar-refractivity contribution >= 4 is 43.6 Å². The van der Waals surface area contributed by atoms with Crippen molar-refractivity contribution in [3.8, 4) is 22.5 Å². The average Bonchev–Trinajstić information content (AvgIpc) is 3.52. The average molecular weight is 568 g/mol. The number of nitrogens with one attached hydrogen (secondary N) is 2. The third kappa shape index (κ3) is 6.22. The zero-order valence-electron chi connectivity index (χ0n) is 17.0. The van der Waals surface area contributed by atoms with Gasteiger partial charge in [0.1, 0.15) is 0 Å². The molecule has 2 N–H and O–H groups in total. The predicted molar refractivity (Wildman–Crippen MR) is 139 cm³/mol. The molecule has 0 amide bonds. The number of benzene rings is 3. The maximum absolute atomic E-state index is 4.43. The molecule has 0 saturated heterocycles. The Kier molecular flexibility index (Phi) is 7.98. The van der Waals surface area contributed by atoms with Crippen LogP contribution in [0.1, 0.15) is 5.56 Å². The van der Waals surface area contributed by atoms with Crippen molar-refractivity contribution in [2.75, 3.05) is 0 Å². The molecule has 0 radical (unpaired) electrons. The van der Waals surface area contributed by atoms with Crippen molar-refractivity contribution in [2.45, 2.75) is 10.9 Å². The molecule has 0 aliphatic rings. The van der Waals surface area contributed by atoms with Gasteiger partial charge in [0.2, 0.25) is 0 Å². The molecule has 0 aliphatic heterocycles. The summed E-state index contributed by atoms with van der Waals surface area (Å²) in [5, 5.41) is 0.976. The first-order chi connectivity index (χ1) is 15.7. The Labute approximate surface area is 208 Å². The highest BCUT2D eigenvalue weighted by molar-refractivity contribution is 9.10. The number of aromatic nitrogens is 4. The number of halogens is 2. The molecular formula is C25H20Br2N4S. The van der Waals surface area contributed by atoms with E-state index in [-0.39, 0.29) is 0 Å². The number of hydrogen-bond donors (Lipinski definition) is 2. The van der Waals surface area contributed by atoms with Crippen LogP contribution >= 0.6 is 43.6 Å². The minimum absolute atomic E-state index is 0.967. The third-order valence-corrected chi connectivity index (χ3v) is 6.61. The van der Waals surface area contributed by atoms with E-state index in [9.17, 15) is 0 Å². The zero-order chi connectivity index (χ0) is 22.2. The van der Waals surface area contributed by atoms with Gasteiger partial charge >= 0.3 is 0 Å². The Morgan fingerprint density at radius 2 is 1.38 bits per heavy atom. The normalized spacial score (nSPS) is 10.4. The van der Waals surface area contributed by atoms with Crippen LogP contribution in [0, 0.1) is 0 Å². The second-order valence-corrected chi connectivity index (χ2v) is 9.60. The molecule has 5 aromatic rings. The van der Waals surface area contributed by atoms with E-state index in [1.165, 1.54) is 5.56 Å². The van der Waals surface area contributed by atoms with Crippen LogP contribution in [0.2, 0.25) is 0 Å². The summed E-state index contributed by atoms with van der Waals surface area (Å²) in [5.74, 6) is 0.967. The minimum Gasteiger partial charge on any atom is -0.344 e. The molecule has 0 fully saturated rings. The minimum atomic E-state index is 0.967. The molecule has 2 heterocycles. The van der Waals surface area contributed by atoms with Gasteiger partial charge in [0.25, 0.3) is 0 Å². The largest absolute Gasteiger partial charge is 0.344 e. The molecule has 2 aromatic heterocycles. The van der Waals surface area contributed by atoms with Crippen LogP contribution in [0.4, 0.5) is 0 Å². The van der Waals surface area contributed by atoms with Gasteiger partial charge in [0.15, 0.2) is 5.16 Å². The highest BCUT2D eigenvalue weighted by Crippen LogP contribution is 2.30. The number of imidazole rings is 2. The summed E-state index contributed by atoms with van der Waals surface area (Å²) in [7, 11) is 0. The molecule has 160 valence electrons. The van der Waals surface area contributed by atoms with E-state index in [0.717, 1.165) is 42.4 Å². The van der Waals surface area contributed by atoms with E-state index < -0.39 is 0 Å². The van der Waals surface area contributed by atoms with Gasteiger partial charge in [0, 0.05) is 38.2 Å². The van der Waals surface area contributed by atoms with Crippen LogP contribution in [0.25, 0.3) is 22.5 Å². The fraction of sp³-hybridized carbons (Fsp3) is 0.0400. The summed E-state index contributed by atoms with van der Waals surface area (Å²) in [6.07, 6.45) is 5.34. The van der Waals surface area contributed by atoms with Crippen molar-refractivity contribution in [2.24, 2.45) is 0 Å². The monoisotopic (exact) mass is 566 g/mol. The van der Waals surface area contributed by atoms with Gasteiger partial charge in [-0.25, -0.2) is 9.97 Å². The standard InChI is InChI=1S/C15H10Br2N2.C10H10N2S/c16-12-5-1-10(2-6-12)14-15(19-9-18-14)11-3-7-13(17)8-4-11;1-2-4-9(5-3-1)8-13-10-11-6-7-12-10/h1-9H,(H,18,19);1-7H,8H2,(H,11,12). The molecule has 0 aliphatic carbocycles. The highest BCUT2D eigenvalue weighted by Gasteiger charge is 2.10. The van der Waals surface area contributed by atoms with Crippen molar-refractivity contribution in [1.29, 1.82) is 0 Å². The van der Waals surface area contributed by atoms with Gasteiger partial charge in [0.05, 0.1) is 17.7 Å². The maximum atomic E-state index is 4.43. The molecule has 0 spiro atoms. The van der Waals surface area contributed by atoms with Crippen LogP contribution < -0.4 is 0 Å². The molecule has 7 heteroatoms. The first kappa shape index (κ1) is 22.6. The summed E-state index contributed by atoms with van der Waals surface area (Å²) in [6, 6.07) is 26.7. The number of hydrogen-bond acceptors (Lipinski definition) is 3. The molecule has 0 saturated carbocycles. The number of nitrogens with zero attached hydrogens (tertiary/aromatic N) is 2. The van der Waals surface area contributed by atoms with E-state index in [2.05, 4.69) is 100 Å². The van der Waals surface area contributed by atoms with E-state index in [1.807, 2.05) is 36.5 Å². The maximum Gasteiger partial charge on any atom is 0.165 e. The van der Waals surface area contributed by atoms with Crippen LogP contribution in [-0.2, 0) is 5.75 Å². The van der Waals surface area contributed by atoms with Crippen molar-refractivity contribution in [1.82, 2.24) is 19.9 Å². The summed E-state index contributed by atoms with van der Waals surface area (Å²) in [5.41, 5.74) is 5.55. The number of thioether (sulfide) groups is 1. The Hall–Kier alpha value is -2.61. The quantitative estimate of drug-likeness (QED) is 0.212. The molecule has 4 nitrogen and oxygen atoms in total. The van der Waals surface area contributed by atoms with Crippen LogP contribution in [-0.4, -0.2) is 19.9 Å². The Morgan fingerprint density at radius 3 is 2.00 bits per heavy atom. The van der Waals surface area contributed by atoms with Gasteiger partial charge < -0.3 is 9.97 Å². The van der Waals surface area contributed by atoms with Gasteiger partial charge in [-0.2, -0.15) is 0 Å². The van der Waals surface area contributed by atoms with Crippen LogP contribution in [0.5, 0.6) is 0 Å². The van der Waals surface area contributed by atoms with E-state index >= 15 is 0 Å². The fourth-order valence-electron chi connectivity index (χ4n) is 3.01. The van der Waals surface area contributed by atoms with Crippen LogP contribution in [0.15, 0.2) is 112 Å². The van der Waals surface area contributed by atoms with Gasteiger partial charge in [-0.15, -0.1) is 0 Å². The first-order valence-electron chi connectivity index (χ1n) is 9.90. The van der Waals surface area contributed by atoms with Gasteiger partial charge in [-0.05, 0) is 29.8 Å². The molecule has 0 unspecified atom stereocenters. The van der Waals surface area contributed by atoms with E-state index in [0.29, 0.717) is 0 Å². The third-order valence-electron chi connectivity index (χ3n) is 4.58. The first-order valence-corrected chi connectivity index (χ1v) is 12.5. The summed E-state index contributed by atoms with van der Waals surface area (Å²) < 4.78 is 2.14. The van der Waals surface area contributed by atoms with Crippen molar-refractivity contribution in [3.63, 3.8) is 0 Å². The Morgan fingerprint density at radius 1 is 0.719 bits per heavy atom. The van der Waals surface area contributed by atoms with E-state index in [4.69, 9.17) is 0 Å². The zero-order valence-corrected chi connectivity index (χ0v) is 21.0. The lowest BCUT2D eigenvalue weighted by Crippen LogP contribution is -1.83. The lowest BCUT2D eigenvalue weighted by atomic mass is 10.1. The molecular weight excluding hydrogens is 548 g/mol. The lowest BCUT2D eigenvalue weighted by molar-refractivity contribution is 1.06. The Balaban J connectivity index is 0.000000165. The molecule has 3 aromatic carbocycles. The van der Waals surface area contributed by atoms with Gasteiger partial charge in [-0.3, -0.25) is 0 Å². The van der Waals surface area contributed by atoms with Crippen molar-refractivity contribution in [3.05, 3.63) is 112 Å². The van der Waals surface area contributed by atoms with Crippen LogP contribution in [0.3, 0.4) is 0 Å². The van der Waals surface area contributed by atoms with Crippen molar-refractivity contribution < 1.29 is 0 Å². The predicted octanol–water partition coefficient (Wildman–Crippen LogP) is 7.97. The summed E-state index contributed by atoms with van der Waals surface area (Å²) in [6.45, 7) is 0. The SMILES string of the molecule is Brc1ccc(-c2nc[nH]c2-c2ccc(Br)cc2)cc1.c1ccc(CSc2ncc[nH]2)cc1. The summed E-state index contributed by atoms with van der Waals surface area (Å²) in [4.78, 5) is 14.8.